The summed E-state index contributed by atoms with van der Waals surface area (Å²) in [6, 6.07) is 28.8. The van der Waals surface area contributed by atoms with E-state index < -0.39 is 0 Å². The van der Waals surface area contributed by atoms with Gasteiger partial charge in [0.1, 0.15) is 34.8 Å². The molecule has 5 nitrogen and oxygen atoms in total. The molecule has 0 amide bonds. The van der Waals surface area contributed by atoms with Crippen LogP contribution in [0.3, 0.4) is 0 Å². The average Bonchev–Trinajstić information content (AvgIpc) is 2.90. The Bertz CT molecular complexity index is 1500. The van der Waals surface area contributed by atoms with Gasteiger partial charge in [-0.15, -0.1) is 0 Å². The smallest absolute Gasteiger partial charge is 0.197 e. The molecule has 1 heterocycles. The van der Waals surface area contributed by atoms with Gasteiger partial charge in [-0.1, -0.05) is 72.8 Å². The van der Waals surface area contributed by atoms with Crippen molar-refractivity contribution in [3.05, 3.63) is 107 Å². The lowest BCUT2D eigenvalue weighted by Gasteiger charge is -2.14. The summed E-state index contributed by atoms with van der Waals surface area (Å²) in [5.74, 6) is 1.46. The van der Waals surface area contributed by atoms with Crippen molar-refractivity contribution in [2.24, 2.45) is 0 Å². The highest BCUT2D eigenvalue weighted by Gasteiger charge is 2.15. The zero-order valence-corrected chi connectivity index (χ0v) is 19.3. The van der Waals surface area contributed by atoms with E-state index in [-0.39, 0.29) is 12.0 Å². The predicted molar refractivity (Wildman–Crippen MR) is 138 cm³/mol. The van der Waals surface area contributed by atoms with Crippen LogP contribution in [0, 0.1) is 0 Å². The van der Waals surface area contributed by atoms with Gasteiger partial charge in [-0.2, -0.15) is 0 Å². The van der Waals surface area contributed by atoms with E-state index in [2.05, 4.69) is 18.2 Å². The van der Waals surface area contributed by atoms with Crippen LogP contribution in [0.1, 0.15) is 18.4 Å². The fourth-order valence-electron chi connectivity index (χ4n) is 4.15. The van der Waals surface area contributed by atoms with Crippen LogP contribution in [0.5, 0.6) is 11.5 Å². The van der Waals surface area contributed by atoms with Gasteiger partial charge in [0.05, 0.1) is 6.61 Å². The van der Waals surface area contributed by atoms with Crippen LogP contribution in [0.15, 0.2) is 100 Å². The molecule has 0 aliphatic rings. The topological polar surface area (TPSA) is 68.9 Å². The number of benzene rings is 4. The lowest BCUT2D eigenvalue weighted by atomic mass is 10.1. The zero-order valence-electron chi connectivity index (χ0n) is 19.3. The minimum atomic E-state index is -0.178. The molecule has 176 valence electrons. The molecule has 0 fully saturated rings. The van der Waals surface area contributed by atoms with E-state index in [1.807, 2.05) is 54.6 Å². The Morgan fingerprint density at radius 1 is 0.800 bits per heavy atom. The summed E-state index contributed by atoms with van der Waals surface area (Å²) in [5.41, 5.74) is 2.11. The highest BCUT2D eigenvalue weighted by atomic mass is 16.5. The second-order valence-corrected chi connectivity index (χ2v) is 8.34. The summed E-state index contributed by atoms with van der Waals surface area (Å²) in [7, 11) is 0. The summed E-state index contributed by atoms with van der Waals surface area (Å²) >= 11 is 0. The molecule has 1 aromatic heterocycles. The van der Waals surface area contributed by atoms with E-state index in [0.717, 1.165) is 21.9 Å². The SMILES string of the molecule is O=c1cc(-c2ccccc2)oc2cc(OCc3cccc4ccccc34)cc(OCCCCO)c12. The molecule has 0 spiro atoms. The molecular weight excluding hydrogens is 440 g/mol. The number of aliphatic hydroxyl groups is 1. The van der Waals surface area contributed by atoms with Crippen molar-refractivity contribution in [2.75, 3.05) is 13.2 Å². The number of unbranched alkanes of at least 4 members (excludes halogenated alkanes) is 1. The van der Waals surface area contributed by atoms with E-state index in [0.29, 0.717) is 54.3 Å². The quantitative estimate of drug-likeness (QED) is 0.257. The van der Waals surface area contributed by atoms with Crippen LogP contribution in [-0.2, 0) is 6.61 Å². The van der Waals surface area contributed by atoms with Gasteiger partial charge in [-0.25, -0.2) is 0 Å². The Morgan fingerprint density at radius 2 is 1.60 bits per heavy atom. The Labute approximate surface area is 203 Å². The third-order valence-corrected chi connectivity index (χ3v) is 5.91. The molecule has 0 unspecified atom stereocenters. The molecule has 0 aliphatic carbocycles. The third-order valence-electron chi connectivity index (χ3n) is 5.91. The second kappa shape index (κ2) is 10.5. The first-order valence-electron chi connectivity index (χ1n) is 11.7. The van der Waals surface area contributed by atoms with Crippen LogP contribution < -0.4 is 14.9 Å². The predicted octanol–water partition coefficient (Wildman–Crippen LogP) is 6.34. The van der Waals surface area contributed by atoms with Crippen molar-refractivity contribution in [3.63, 3.8) is 0 Å². The maximum Gasteiger partial charge on any atom is 0.197 e. The van der Waals surface area contributed by atoms with Crippen LogP contribution in [-0.4, -0.2) is 18.3 Å². The number of aliphatic hydroxyl groups excluding tert-OH is 1. The van der Waals surface area contributed by atoms with Gasteiger partial charge >= 0.3 is 0 Å². The molecule has 0 saturated carbocycles. The molecule has 0 atom stereocenters. The van der Waals surface area contributed by atoms with Crippen molar-refractivity contribution in [3.8, 4) is 22.8 Å². The maximum atomic E-state index is 13.1. The number of rotatable bonds is 9. The Balaban J connectivity index is 1.52. The molecule has 35 heavy (non-hydrogen) atoms. The highest BCUT2D eigenvalue weighted by molar-refractivity contribution is 5.87. The van der Waals surface area contributed by atoms with Crippen molar-refractivity contribution in [2.45, 2.75) is 19.4 Å². The summed E-state index contributed by atoms with van der Waals surface area (Å²) in [6.45, 7) is 0.836. The monoisotopic (exact) mass is 466 g/mol. The van der Waals surface area contributed by atoms with Crippen LogP contribution in [0.25, 0.3) is 33.1 Å². The summed E-state index contributed by atoms with van der Waals surface area (Å²) in [5, 5.41) is 11.7. The second-order valence-electron chi connectivity index (χ2n) is 8.34. The Hall–Kier alpha value is -4.09. The standard InChI is InChI=1S/C30H26O5/c31-15-6-7-16-33-28-17-24(34-20-23-13-8-12-21-9-4-5-14-25(21)23)18-29-30(28)26(32)19-27(35-29)22-10-2-1-3-11-22/h1-5,8-14,17-19,31H,6-7,15-16,20H2. The number of fused-ring (bicyclic) bond motifs is 2. The maximum absolute atomic E-state index is 13.1. The molecule has 4 aromatic carbocycles. The normalized spacial score (nSPS) is 11.1. The number of hydrogen-bond acceptors (Lipinski definition) is 5. The molecule has 5 heteroatoms. The van der Waals surface area contributed by atoms with Gasteiger partial charge in [-0.05, 0) is 29.2 Å². The van der Waals surface area contributed by atoms with Gasteiger partial charge in [0.15, 0.2) is 5.43 Å². The van der Waals surface area contributed by atoms with Crippen molar-refractivity contribution >= 4 is 21.7 Å². The van der Waals surface area contributed by atoms with Gasteiger partial charge < -0.3 is 19.0 Å². The lowest BCUT2D eigenvalue weighted by Crippen LogP contribution is -2.07. The fraction of sp³-hybridized carbons (Fsp3) is 0.167. The number of ether oxygens (including phenoxy) is 2. The number of hydrogen-bond donors (Lipinski definition) is 1. The first-order chi connectivity index (χ1) is 17.2. The van der Waals surface area contributed by atoms with Crippen LogP contribution in [0.2, 0.25) is 0 Å². The van der Waals surface area contributed by atoms with E-state index in [4.69, 9.17) is 19.0 Å². The van der Waals surface area contributed by atoms with Crippen molar-refractivity contribution in [1.82, 2.24) is 0 Å². The van der Waals surface area contributed by atoms with Crippen LogP contribution >= 0.6 is 0 Å². The highest BCUT2D eigenvalue weighted by Crippen LogP contribution is 2.33. The minimum Gasteiger partial charge on any atom is -0.493 e. The molecule has 0 aliphatic heterocycles. The van der Waals surface area contributed by atoms with E-state index in [1.165, 1.54) is 6.07 Å². The van der Waals surface area contributed by atoms with E-state index >= 15 is 0 Å². The first kappa shape index (κ1) is 22.7. The third kappa shape index (κ3) is 5.05. The average molecular weight is 467 g/mol. The first-order valence-corrected chi connectivity index (χ1v) is 11.7. The summed E-state index contributed by atoms with van der Waals surface area (Å²) in [6.07, 6.45) is 1.30. The van der Waals surface area contributed by atoms with Crippen molar-refractivity contribution in [1.29, 1.82) is 0 Å². The Kier molecular flexibility index (Phi) is 6.77. The van der Waals surface area contributed by atoms with E-state index in [1.54, 1.807) is 12.1 Å². The summed E-state index contributed by atoms with van der Waals surface area (Å²) in [4.78, 5) is 13.1. The molecule has 1 N–H and O–H groups in total. The van der Waals surface area contributed by atoms with Crippen molar-refractivity contribution < 1.29 is 19.0 Å². The molecule has 5 rings (SSSR count). The minimum absolute atomic E-state index is 0.0981. The van der Waals surface area contributed by atoms with Gasteiger partial charge in [0.25, 0.3) is 0 Å². The fourth-order valence-corrected chi connectivity index (χ4v) is 4.15. The van der Waals surface area contributed by atoms with Gasteiger partial charge in [-0.3, -0.25) is 4.79 Å². The van der Waals surface area contributed by atoms with Crippen LogP contribution in [0.4, 0.5) is 0 Å². The lowest BCUT2D eigenvalue weighted by molar-refractivity contribution is 0.253. The molecular formula is C30H26O5. The molecule has 0 saturated heterocycles. The molecule has 5 aromatic rings. The van der Waals surface area contributed by atoms with Gasteiger partial charge in [0, 0.05) is 30.4 Å². The largest absolute Gasteiger partial charge is 0.493 e. The zero-order chi connectivity index (χ0) is 24.0. The van der Waals surface area contributed by atoms with E-state index in [9.17, 15) is 4.79 Å². The van der Waals surface area contributed by atoms with Gasteiger partial charge in [0.2, 0.25) is 0 Å². The Morgan fingerprint density at radius 3 is 2.46 bits per heavy atom. The molecule has 0 radical (unpaired) electrons. The molecule has 0 bridgehead atoms. The summed E-state index contributed by atoms with van der Waals surface area (Å²) < 4.78 is 18.3.